The summed E-state index contributed by atoms with van der Waals surface area (Å²) in [4.78, 5) is 37.5. The van der Waals surface area contributed by atoms with Crippen LogP contribution in [0.5, 0.6) is 0 Å². The number of ether oxygens (including phenoxy) is 1. The molecule has 2 aromatic rings. The Morgan fingerprint density at radius 1 is 1.45 bits per heavy atom. The number of aromatic amines is 1. The summed E-state index contributed by atoms with van der Waals surface area (Å²) in [5.41, 5.74) is -2.13. The van der Waals surface area contributed by atoms with E-state index in [9.17, 15) is 23.2 Å². The van der Waals surface area contributed by atoms with E-state index in [1.165, 1.54) is 7.11 Å². The number of aromatic nitrogens is 2. The molecule has 0 aliphatic carbocycles. The number of halogens is 2. The topological polar surface area (TPSA) is 93.2 Å². The number of anilines is 1. The van der Waals surface area contributed by atoms with Gasteiger partial charge in [0.25, 0.3) is 0 Å². The molecule has 1 atom stereocenters. The minimum Gasteiger partial charge on any atom is -0.469 e. The SMILES string of the molecule is COC(=O)CC1CNc2c(F)c(F)cc3[nH]c(=O)c(=O)n1c23. The van der Waals surface area contributed by atoms with Crippen LogP contribution < -0.4 is 16.4 Å². The van der Waals surface area contributed by atoms with Gasteiger partial charge in [-0.25, -0.2) is 8.78 Å². The van der Waals surface area contributed by atoms with E-state index in [0.717, 1.165) is 10.6 Å². The van der Waals surface area contributed by atoms with Gasteiger partial charge in [0.05, 0.1) is 36.3 Å². The van der Waals surface area contributed by atoms with E-state index in [4.69, 9.17) is 0 Å². The van der Waals surface area contributed by atoms with Gasteiger partial charge in [-0.05, 0) is 0 Å². The van der Waals surface area contributed by atoms with Gasteiger partial charge in [-0.2, -0.15) is 0 Å². The maximum absolute atomic E-state index is 13.9. The zero-order valence-corrected chi connectivity index (χ0v) is 11.4. The second-order valence-electron chi connectivity index (χ2n) is 4.89. The highest BCUT2D eigenvalue weighted by molar-refractivity contribution is 5.89. The summed E-state index contributed by atoms with van der Waals surface area (Å²) < 4.78 is 33.0. The number of H-pyrrole nitrogens is 1. The third-order valence-electron chi connectivity index (χ3n) is 3.60. The van der Waals surface area contributed by atoms with E-state index in [-0.39, 0.29) is 29.7 Å². The van der Waals surface area contributed by atoms with E-state index in [0.29, 0.717) is 0 Å². The summed E-state index contributed by atoms with van der Waals surface area (Å²) in [5.74, 6) is -2.88. The molecule has 2 heterocycles. The van der Waals surface area contributed by atoms with Gasteiger partial charge in [0.1, 0.15) is 0 Å². The first-order chi connectivity index (χ1) is 10.4. The minimum atomic E-state index is -1.15. The van der Waals surface area contributed by atoms with Gasteiger partial charge < -0.3 is 15.0 Å². The third-order valence-corrected chi connectivity index (χ3v) is 3.60. The first-order valence-electron chi connectivity index (χ1n) is 6.41. The Labute approximate surface area is 121 Å². The normalized spacial score (nSPS) is 16.4. The van der Waals surface area contributed by atoms with E-state index in [1.807, 2.05) is 0 Å². The standard InChI is InChI=1S/C13H11F2N3O4/c1-22-8(19)2-5-4-16-10-9(15)6(14)3-7-11(10)18(5)13(21)12(20)17-7/h3,5,16H,2,4H2,1H3,(H,17,20). The van der Waals surface area contributed by atoms with Crippen LogP contribution in [0.15, 0.2) is 15.7 Å². The Bertz CT molecular complexity index is 903. The number of benzene rings is 1. The lowest BCUT2D eigenvalue weighted by atomic mass is 10.1. The first kappa shape index (κ1) is 14.2. The van der Waals surface area contributed by atoms with Gasteiger partial charge in [0.2, 0.25) is 0 Å². The third kappa shape index (κ3) is 1.97. The fourth-order valence-electron chi connectivity index (χ4n) is 2.61. The van der Waals surface area contributed by atoms with Crippen LogP contribution in [0.4, 0.5) is 14.5 Å². The number of rotatable bonds is 2. The lowest BCUT2D eigenvalue weighted by molar-refractivity contribution is -0.141. The minimum absolute atomic E-state index is 0.0130. The zero-order valence-electron chi connectivity index (χ0n) is 11.4. The quantitative estimate of drug-likeness (QED) is 0.622. The Kier molecular flexibility index (Phi) is 3.19. The molecular formula is C13H11F2N3O4. The zero-order chi connectivity index (χ0) is 16.0. The van der Waals surface area contributed by atoms with Gasteiger partial charge >= 0.3 is 17.1 Å². The second kappa shape index (κ2) is 4.93. The summed E-state index contributed by atoms with van der Waals surface area (Å²) in [6.07, 6.45) is -0.180. The monoisotopic (exact) mass is 311 g/mol. The summed E-state index contributed by atoms with van der Waals surface area (Å²) >= 11 is 0. The Morgan fingerprint density at radius 2 is 2.18 bits per heavy atom. The molecule has 0 bridgehead atoms. The van der Waals surface area contributed by atoms with Crippen LogP contribution in [0.3, 0.4) is 0 Å². The Hall–Kier alpha value is -2.71. The van der Waals surface area contributed by atoms with Crippen molar-refractivity contribution in [1.82, 2.24) is 9.55 Å². The number of nitrogens with zero attached hydrogens (tertiary/aromatic N) is 1. The average Bonchev–Trinajstić information content (AvgIpc) is 2.50. The van der Waals surface area contributed by atoms with Gasteiger partial charge in [0.15, 0.2) is 11.6 Å². The van der Waals surface area contributed by atoms with Gasteiger partial charge in [-0.15, -0.1) is 0 Å². The van der Waals surface area contributed by atoms with Crippen LogP contribution in [0.2, 0.25) is 0 Å². The number of carbonyl (C=O) groups excluding carboxylic acids is 1. The molecule has 0 radical (unpaired) electrons. The molecule has 1 aromatic heterocycles. The second-order valence-corrected chi connectivity index (χ2v) is 4.89. The molecule has 1 aliphatic heterocycles. The summed E-state index contributed by atoms with van der Waals surface area (Å²) in [6.45, 7) is -0.0130. The van der Waals surface area contributed by atoms with Crippen molar-refractivity contribution in [2.24, 2.45) is 0 Å². The van der Waals surface area contributed by atoms with Gasteiger partial charge in [-0.3, -0.25) is 19.0 Å². The molecule has 0 spiro atoms. The summed E-state index contributed by atoms with van der Waals surface area (Å²) in [5, 5.41) is 2.66. The maximum atomic E-state index is 13.9. The van der Waals surface area contributed by atoms with Crippen molar-refractivity contribution in [1.29, 1.82) is 0 Å². The van der Waals surface area contributed by atoms with Crippen molar-refractivity contribution in [3.8, 4) is 0 Å². The Balaban J connectivity index is 2.35. The van der Waals surface area contributed by atoms with E-state index in [1.54, 1.807) is 0 Å². The predicted octanol–water partition coefficient (Wildman–Crippen LogP) is 0.498. The van der Waals surface area contributed by atoms with E-state index < -0.39 is 34.8 Å². The number of carbonyl (C=O) groups is 1. The lowest BCUT2D eigenvalue weighted by Gasteiger charge is -2.28. The molecule has 9 heteroatoms. The summed E-state index contributed by atoms with van der Waals surface area (Å²) in [6, 6.07) is 0.0652. The van der Waals surface area contributed by atoms with Crippen molar-refractivity contribution >= 4 is 22.7 Å². The lowest BCUT2D eigenvalue weighted by Crippen LogP contribution is -2.43. The fraction of sp³-hybridized carbons (Fsp3) is 0.308. The number of hydrogen-bond acceptors (Lipinski definition) is 5. The highest BCUT2D eigenvalue weighted by Crippen LogP contribution is 2.32. The fourth-order valence-corrected chi connectivity index (χ4v) is 2.61. The smallest absolute Gasteiger partial charge is 0.317 e. The molecule has 7 nitrogen and oxygen atoms in total. The van der Waals surface area contributed by atoms with Crippen molar-refractivity contribution in [2.45, 2.75) is 12.5 Å². The molecule has 1 aliphatic rings. The first-order valence-corrected chi connectivity index (χ1v) is 6.41. The molecule has 0 amide bonds. The van der Waals surface area contributed by atoms with Crippen LogP contribution >= 0.6 is 0 Å². The van der Waals surface area contributed by atoms with Crippen LogP contribution in [0, 0.1) is 11.6 Å². The molecule has 3 rings (SSSR count). The van der Waals surface area contributed by atoms with Gasteiger partial charge in [0, 0.05) is 12.6 Å². The Morgan fingerprint density at radius 3 is 2.86 bits per heavy atom. The van der Waals surface area contributed by atoms with Crippen molar-refractivity contribution in [3.63, 3.8) is 0 Å². The predicted molar refractivity (Wildman–Crippen MR) is 72.9 cm³/mol. The highest BCUT2D eigenvalue weighted by Gasteiger charge is 2.29. The van der Waals surface area contributed by atoms with E-state index in [2.05, 4.69) is 15.0 Å². The van der Waals surface area contributed by atoms with Crippen molar-refractivity contribution in [3.05, 3.63) is 38.4 Å². The number of esters is 1. The molecule has 0 saturated heterocycles. The van der Waals surface area contributed by atoms with Crippen molar-refractivity contribution in [2.75, 3.05) is 19.0 Å². The number of nitrogens with one attached hydrogen (secondary N) is 2. The molecule has 1 aromatic carbocycles. The molecule has 116 valence electrons. The molecule has 1 unspecified atom stereocenters. The average molecular weight is 311 g/mol. The molecule has 22 heavy (non-hydrogen) atoms. The molecular weight excluding hydrogens is 300 g/mol. The molecule has 0 fully saturated rings. The van der Waals surface area contributed by atoms with Crippen LogP contribution in [0.1, 0.15) is 12.5 Å². The maximum Gasteiger partial charge on any atom is 0.317 e. The van der Waals surface area contributed by atoms with Crippen LogP contribution in [-0.2, 0) is 9.53 Å². The number of methoxy groups -OCH3 is 1. The van der Waals surface area contributed by atoms with Gasteiger partial charge in [-0.1, -0.05) is 0 Å². The van der Waals surface area contributed by atoms with Crippen molar-refractivity contribution < 1.29 is 18.3 Å². The van der Waals surface area contributed by atoms with Crippen LogP contribution in [0.25, 0.3) is 11.0 Å². The molecule has 2 N–H and O–H groups in total. The summed E-state index contributed by atoms with van der Waals surface area (Å²) in [7, 11) is 1.19. The van der Waals surface area contributed by atoms with E-state index >= 15 is 0 Å². The largest absolute Gasteiger partial charge is 0.469 e. The number of hydrogen-bond donors (Lipinski definition) is 2. The molecule has 0 saturated carbocycles. The highest BCUT2D eigenvalue weighted by atomic mass is 19.2. The van der Waals surface area contributed by atoms with Crippen LogP contribution in [-0.4, -0.2) is 29.2 Å².